The first-order chi connectivity index (χ1) is 9.82. The molecule has 0 radical (unpaired) electrons. The first kappa shape index (κ1) is 15.7. The van der Waals surface area contributed by atoms with Crippen molar-refractivity contribution < 1.29 is 9.18 Å². The topological polar surface area (TPSA) is 72.9 Å². The molecule has 0 aliphatic heterocycles. The molecular weight excluding hydrogens is 339 g/mol. The van der Waals surface area contributed by atoms with E-state index < -0.39 is 5.54 Å². The van der Waals surface area contributed by atoms with Crippen molar-refractivity contribution in [2.24, 2.45) is 5.73 Å². The smallest absolute Gasteiger partial charge is 0.273 e. The molecule has 21 heavy (non-hydrogen) atoms. The van der Waals surface area contributed by atoms with Crippen LogP contribution in [0.2, 0.25) is 0 Å². The van der Waals surface area contributed by atoms with Crippen LogP contribution in [0.5, 0.6) is 0 Å². The molecule has 0 bridgehead atoms. The fourth-order valence-electron chi connectivity index (χ4n) is 1.65. The molecule has 1 aromatic carbocycles. The van der Waals surface area contributed by atoms with Gasteiger partial charge in [0.1, 0.15) is 5.82 Å². The molecule has 0 spiro atoms. The highest BCUT2D eigenvalue weighted by Crippen LogP contribution is 2.19. The standard InChI is InChI=1S/C14H16BrFN4O/c1-14(2,8-17)18-13(21)12-11(15)7-20(19-12)10-5-3-9(16)4-6-10/h3-7H,8,17H2,1-2H3,(H,18,21). The van der Waals surface area contributed by atoms with Gasteiger partial charge in [-0.15, -0.1) is 0 Å². The van der Waals surface area contributed by atoms with Gasteiger partial charge in [0.25, 0.3) is 5.91 Å². The van der Waals surface area contributed by atoms with Gasteiger partial charge in [-0.05, 0) is 54.0 Å². The highest BCUT2D eigenvalue weighted by Gasteiger charge is 2.23. The number of nitrogens with zero attached hydrogens (tertiary/aromatic N) is 2. The number of carbonyl (C=O) groups excluding carboxylic acids is 1. The minimum absolute atomic E-state index is 0.251. The van der Waals surface area contributed by atoms with Crippen molar-refractivity contribution in [1.82, 2.24) is 15.1 Å². The largest absolute Gasteiger partial charge is 0.344 e. The fraction of sp³-hybridized carbons (Fsp3) is 0.286. The monoisotopic (exact) mass is 354 g/mol. The van der Waals surface area contributed by atoms with Crippen LogP contribution in [-0.4, -0.2) is 27.8 Å². The Labute approximate surface area is 130 Å². The lowest BCUT2D eigenvalue weighted by Crippen LogP contribution is -2.49. The molecule has 0 saturated heterocycles. The van der Waals surface area contributed by atoms with Crippen LogP contribution in [0.1, 0.15) is 24.3 Å². The van der Waals surface area contributed by atoms with Gasteiger partial charge >= 0.3 is 0 Å². The zero-order valence-electron chi connectivity index (χ0n) is 11.7. The van der Waals surface area contributed by atoms with E-state index >= 15 is 0 Å². The molecule has 5 nitrogen and oxygen atoms in total. The number of hydrogen-bond acceptors (Lipinski definition) is 3. The van der Waals surface area contributed by atoms with Gasteiger partial charge < -0.3 is 11.1 Å². The van der Waals surface area contributed by atoms with E-state index in [1.165, 1.54) is 16.8 Å². The summed E-state index contributed by atoms with van der Waals surface area (Å²) in [6.07, 6.45) is 1.65. The summed E-state index contributed by atoms with van der Waals surface area (Å²) < 4.78 is 15.0. The van der Waals surface area contributed by atoms with E-state index in [1.54, 1.807) is 18.3 Å². The molecule has 2 rings (SSSR count). The maximum atomic E-state index is 12.9. The quantitative estimate of drug-likeness (QED) is 0.884. The van der Waals surface area contributed by atoms with Crippen molar-refractivity contribution in [2.75, 3.05) is 6.54 Å². The maximum Gasteiger partial charge on any atom is 0.273 e. The molecule has 1 amide bonds. The summed E-state index contributed by atoms with van der Waals surface area (Å²) >= 11 is 3.31. The Kier molecular flexibility index (Phi) is 4.43. The van der Waals surface area contributed by atoms with Crippen LogP contribution < -0.4 is 11.1 Å². The number of carbonyl (C=O) groups is 1. The van der Waals surface area contributed by atoms with Crippen molar-refractivity contribution >= 4 is 21.8 Å². The summed E-state index contributed by atoms with van der Waals surface area (Å²) in [6, 6.07) is 5.84. The lowest BCUT2D eigenvalue weighted by atomic mass is 10.1. The number of rotatable bonds is 4. The molecule has 0 aliphatic carbocycles. The van der Waals surface area contributed by atoms with Gasteiger partial charge in [-0.25, -0.2) is 9.07 Å². The molecule has 0 aliphatic rings. The maximum absolute atomic E-state index is 12.9. The molecular formula is C14H16BrFN4O. The van der Waals surface area contributed by atoms with E-state index in [4.69, 9.17) is 5.73 Å². The van der Waals surface area contributed by atoms with E-state index in [9.17, 15) is 9.18 Å². The van der Waals surface area contributed by atoms with E-state index in [2.05, 4.69) is 26.3 Å². The Balaban J connectivity index is 2.27. The molecule has 1 aromatic heterocycles. The second kappa shape index (κ2) is 5.95. The van der Waals surface area contributed by atoms with Crippen LogP contribution >= 0.6 is 15.9 Å². The van der Waals surface area contributed by atoms with Gasteiger partial charge in [-0.3, -0.25) is 4.79 Å². The second-order valence-electron chi connectivity index (χ2n) is 5.29. The third kappa shape index (κ3) is 3.68. The van der Waals surface area contributed by atoms with Crippen LogP contribution in [0.25, 0.3) is 5.69 Å². The average Bonchev–Trinajstić information content (AvgIpc) is 2.81. The van der Waals surface area contributed by atoms with Gasteiger partial charge in [-0.2, -0.15) is 5.10 Å². The molecule has 0 fully saturated rings. The first-order valence-corrected chi connectivity index (χ1v) is 7.15. The molecule has 7 heteroatoms. The van der Waals surface area contributed by atoms with E-state index in [1.807, 2.05) is 13.8 Å². The Bertz CT molecular complexity index is 651. The Morgan fingerprint density at radius 2 is 2.05 bits per heavy atom. The predicted octanol–water partition coefficient (Wildman–Crippen LogP) is 2.24. The molecule has 1 heterocycles. The predicted molar refractivity (Wildman–Crippen MR) is 81.8 cm³/mol. The van der Waals surface area contributed by atoms with Crippen LogP contribution in [0.3, 0.4) is 0 Å². The summed E-state index contributed by atoms with van der Waals surface area (Å²) in [5.74, 6) is -0.647. The number of hydrogen-bond donors (Lipinski definition) is 2. The fourth-order valence-corrected chi connectivity index (χ4v) is 2.10. The number of nitrogens with one attached hydrogen (secondary N) is 1. The second-order valence-corrected chi connectivity index (χ2v) is 6.14. The summed E-state index contributed by atoms with van der Waals surface area (Å²) in [6.45, 7) is 3.97. The number of nitrogens with two attached hydrogens (primary N) is 1. The minimum atomic E-state index is -0.518. The summed E-state index contributed by atoms with van der Waals surface area (Å²) in [4.78, 5) is 12.2. The summed E-state index contributed by atoms with van der Waals surface area (Å²) in [7, 11) is 0. The van der Waals surface area contributed by atoms with E-state index in [0.717, 1.165) is 0 Å². The van der Waals surface area contributed by atoms with Crippen LogP contribution in [0.4, 0.5) is 4.39 Å². The zero-order chi connectivity index (χ0) is 15.6. The van der Waals surface area contributed by atoms with Crippen LogP contribution in [0, 0.1) is 5.82 Å². The third-order valence-corrected chi connectivity index (χ3v) is 3.52. The van der Waals surface area contributed by atoms with Gasteiger partial charge in [-0.1, -0.05) is 0 Å². The SMILES string of the molecule is CC(C)(CN)NC(=O)c1nn(-c2ccc(F)cc2)cc1Br. The summed E-state index contributed by atoms with van der Waals surface area (Å²) in [5, 5.41) is 7.03. The van der Waals surface area contributed by atoms with Crippen molar-refractivity contribution in [1.29, 1.82) is 0 Å². The molecule has 3 N–H and O–H groups in total. The lowest BCUT2D eigenvalue weighted by molar-refractivity contribution is 0.0909. The van der Waals surface area contributed by atoms with Gasteiger partial charge in [0.15, 0.2) is 5.69 Å². The number of amides is 1. The van der Waals surface area contributed by atoms with Crippen LogP contribution in [0.15, 0.2) is 34.9 Å². The Morgan fingerprint density at radius 3 is 2.62 bits per heavy atom. The molecule has 0 atom stereocenters. The molecule has 0 unspecified atom stereocenters. The lowest BCUT2D eigenvalue weighted by Gasteiger charge is -2.23. The van der Waals surface area contributed by atoms with Crippen molar-refractivity contribution in [3.63, 3.8) is 0 Å². The zero-order valence-corrected chi connectivity index (χ0v) is 13.3. The van der Waals surface area contributed by atoms with E-state index in [0.29, 0.717) is 16.7 Å². The third-order valence-electron chi connectivity index (χ3n) is 2.94. The first-order valence-electron chi connectivity index (χ1n) is 6.36. The van der Waals surface area contributed by atoms with Crippen LogP contribution in [-0.2, 0) is 0 Å². The molecule has 112 valence electrons. The molecule has 2 aromatic rings. The van der Waals surface area contributed by atoms with Crippen molar-refractivity contribution in [3.8, 4) is 5.69 Å². The highest BCUT2D eigenvalue weighted by atomic mass is 79.9. The van der Waals surface area contributed by atoms with Gasteiger partial charge in [0, 0.05) is 18.3 Å². The number of benzene rings is 1. The Morgan fingerprint density at radius 1 is 1.43 bits per heavy atom. The van der Waals surface area contributed by atoms with Crippen molar-refractivity contribution in [2.45, 2.75) is 19.4 Å². The van der Waals surface area contributed by atoms with Gasteiger partial charge in [0.05, 0.1) is 10.2 Å². The highest BCUT2D eigenvalue weighted by molar-refractivity contribution is 9.10. The van der Waals surface area contributed by atoms with Crippen molar-refractivity contribution in [3.05, 3.63) is 46.4 Å². The number of aromatic nitrogens is 2. The minimum Gasteiger partial charge on any atom is -0.344 e. The summed E-state index contributed by atoms with van der Waals surface area (Å²) in [5.41, 5.74) is 5.99. The Hall–Kier alpha value is -1.73. The normalized spacial score (nSPS) is 11.5. The molecule has 0 saturated carbocycles. The van der Waals surface area contributed by atoms with Gasteiger partial charge in [0.2, 0.25) is 0 Å². The number of halogens is 2. The average molecular weight is 355 g/mol. The van der Waals surface area contributed by atoms with E-state index in [-0.39, 0.29) is 17.4 Å².